The van der Waals surface area contributed by atoms with Crippen molar-refractivity contribution in [2.75, 3.05) is 119 Å². The molecule has 0 aliphatic rings. The van der Waals surface area contributed by atoms with Gasteiger partial charge in [-0.3, -0.25) is 0 Å². The SMILES string of the molecule is CCCCCCCCOCCOCCOCCOCCOCCOCCOCCOCCOCCCCCC. The Hall–Kier alpha value is -0.360. The Morgan fingerprint density at radius 2 is 0.385 bits per heavy atom. The number of unbranched alkanes of at least 4 members (excludes halogenated alkanes) is 8. The molecule has 0 saturated carbocycles. The minimum Gasteiger partial charge on any atom is -0.379 e. The maximum absolute atomic E-state index is 5.58. The van der Waals surface area contributed by atoms with Gasteiger partial charge in [0.2, 0.25) is 0 Å². The maximum Gasteiger partial charge on any atom is 0.0701 e. The van der Waals surface area contributed by atoms with Crippen LogP contribution in [0.3, 0.4) is 0 Å². The smallest absolute Gasteiger partial charge is 0.0701 e. The Labute approximate surface area is 239 Å². The van der Waals surface area contributed by atoms with Crippen LogP contribution in [-0.4, -0.2) is 119 Å². The lowest BCUT2D eigenvalue weighted by Crippen LogP contribution is -2.15. The van der Waals surface area contributed by atoms with Gasteiger partial charge in [0.1, 0.15) is 0 Å². The number of hydrogen-bond acceptors (Lipinski definition) is 9. The fourth-order valence-electron chi connectivity index (χ4n) is 3.48. The molecular formula is C30H62O9. The fourth-order valence-corrected chi connectivity index (χ4v) is 3.48. The summed E-state index contributed by atoms with van der Waals surface area (Å²) in [6.45, 7) is 15.3. The van der Waals surface area contributed by atoms with Gasteiger partial charge in [0.15, 0.2) is 0 Å². The van der Waals surface area contributed by atoms with Crippen LogP contribution in [0, 0.1) is 0 Å². The molecule has 0 aliphatic carbocycles. The molecule has 0 fully saturated rings. The number of rotatable bonds is 36. The first kappa shape index (κ1) is 38.6. The third-order valence-electron chi connectivity index (χ3n) is 5.76. The van der Waals surface area contributed by atoms with Crippen molar-refractivity contribution in [2.24, 2.45) is 0 Å². The van der Waals surface area contributed by atoms with Crippen LogP contribution in [0.15, 0.2) is 0 Å². The van der Waals surface area contributed by atoms with Crippen molar-refractivity contribution in [2.45, 2.75) is 78.1 Å². The summed E-state index contributed by atoms with van der Waals surface area (Å²) in [6, 6.07) is 0. The zero-order valence-corrected chi connectivity index (χ0v) is 25.5. The summed E-state index contributed by atoms with van der Waals surface area (Å²) in [6.07, 6.45) is 12.6. The fraction of sp³-hybridized carbons (Fsp3) is 1.00. The first-order valence-electron chi connectivity index (χ1n) is 15.6. The first-order chi connectivity index (χ1) is 19.4. The molecular weight excluding hydrogens is 504 g/mol. The molecule has 236 valence electrons. The van der Waals surface area contributed by atoms with E-state index in [-0.39, 0.29) is 0 Å². The van der Waals surface area contributed by atoms with Crippen LogP contribution in [0.4, 0.5) is 0 Å². The van der Waals surface area contributed by atoms with Crippen LogP contribution < -0.4 is 0 Å². The van der Waals surface area contributed by atoms with Crippen molar-refractivity contribution in [1.82, 2.24) is 0 Å². The van der Waals surface area contributed by atoms with E-state index in [0.717, 1.165) is 26.1 Å². The molecule has 0 saturated heterocycles. The van der Waals surface area contributed by atoms with Gasteiger partial charge in [-0.05, 0) is 12.8 Å². The molecule has 0 aromatic carbocycles. The summed E-state index contributed by atoms with van der Waals surface area (Å²) >= 11 is 0. The second kappa shape index (κ2) is 37.6. The van der Waals surface area contributed by atoms with E-state index >= 15 is 0 Å². The Morgan fingerprint density at radius 3 is 0.641 bits per heavy atom. The minimum atomic E-state index is 0.543. The van der Waals surface area contributed by atoms with E-state index in [1.807, 2.05) is 0 Å². The molecule has 0 spiro atoms. The van der Waals surface area contributed by atoms with E-state index in [4.69, 9.17) is 42.6 Å². The van der Waals surface area contributed by atoms with Gasteiger partial charge in [0, 0.05) is 13.2 Å². The topological polar surface area (TPSA) is 83.1 Å². The van der Waals surface area contributed by atoms with Crippen LogP contribution in [0.25, 0.3) is 0 Å². The van der Waals surface area contributed by atoms with E-state index in [1.165, 1.54) is 51.4 Å². The van der Waals surface area contributed by atoms with Gasteiger partial charge < -0.3 is 42.6 Å². The lowest BCUT2D eigenvalue weighted by molar-refractivity contribution is -0.0250. The molecule has 0 amide bonds. The summed E-state index contributed by atoms with van der Waals surface area (Å²) in [5.41, 5.74) is 0. The summed E-state index contributed by atoms with van der Waals surface area (Å²) in [5, 5.41) is 0. The summed E-state index contributed by atoms with van der Waals surface area (Å²) in [7, 11) is 0. The lowest BCUT2D eigenvalue weighted by atomic mass is 10.1. The first-order valence-corrected chi connectivity index (χ1v) is 15.6. The highest BCUT2D eigenvalue weighted by Crippen LogP contribution is 2.04. The van der Waals surface area contributed by atoms with E-state index < -0.39 is 0 Å². The standard InChI is InChI=1S/C30H62O9/c1-3-5-7-9-10-12-14-32-16-18-34-20-22-36-24-26-38-28-30-39-29-27-37-25-23-35-21-19-33-17-15-31-13-11-8-6-4-2/h3-30H2,1-2H3. The van der Waals surface area contributed by atoms with Crippen LogP contribution in [0.5, 0.6) is 0 Å². The van der Waals surface area contributed by atoms with Crippen LogP contribution >= 0.6 is 0 Å². The third-order valence-corrected chi connectivity index (χ3v) is 5.76. The monoisotopic (exact) mass is 566 g/mol. The highest BCUT2D eigenvalue weighted by Gasteiger charge is 1.96. The second-order valence-corrected chi connectivity index (χ2v) is 9.34. The molecule has 0 heterocycles. The minimum absolute atomic E-state index is 0.543. The molecule has 0 atom stereocenters. The number of ether oxygens (including phenoxy) is 9. The molecule has 0 bridgehead atoms. The maximum atomic E-state index is 5.58. The lowest BCUT2D eigenvalue weighted by Gasteiger charge is -2.09. The van der Waals surface area contributed by atoms with Crippen molar-refractivity contribution < 1.29 is 42.6 Å². The molecule has 9 nitrogen and oxygen atoms in total. The Morgan fingerprint density at radius 1 is 0.205 bits per heavy atom. The predicted octanol–water partition coefficient (Wildman–Crippen LogP) is 5.08. The van der Waals surface area contributed by atoms with E-state index in [0.29, 0.717) is 106 Å². The molecule has 0 aromatic rings. The molecule has 0 unspecified atom stereocenters. The average molecular weight is 567 g/mol. The quantitative estimate of drug-likeness (QED) is 0.0965. The molecule has 0 aromatic heterocycles. The number of hydrogen-bond donors (Lipinski definition) is 0. The van der Waals surface area contributed by atoms with Gasteiger partial charge in [0.05, 0.1) is 106 Å². The highest BCUT2D eigenvalue weighted by molar-refractivity contribution is 4.44. The van der Waals surface area contributed by atoms with Gasteiger partial charge in [-0.25, -0.2) is 0 Å². The van der Waals surface area contributed by atoms with E-state index in [1.54, 1.807) is 0 Å². The normalized spacial score (nSPS) is 11.5. The Bertz CT molecular complexity index is 380. The van der Waals surface area contributed by atoms with Crippen LogP contribution in [0.1, 0.15) is 78.1 Å². The van der Waals surface area contributed by atoms with E-state index in [9.17, 15) is 0 Å². The molecule has 39 heavy (non-hydrogen) atoms. The van der Waals surface area contributed by atoms with Crippen molar-refractivity contribution in [3.63, 3.8) is 0 Å². The van der Waals surface area contributed by atoms with E-state index in [2.05, 4.69) is 13.8 Å². The van der Waals surface area contributed by atoms with Gasteiger partial charge >= 0.3 is 0 Å². The van der Waals surface area contributed by atoms with Gasteiger partial charge in [-0.2, -0.15) is 0 Å². The molecule has 0 radical (unpaired) electrons. The third kappa shape index (κ3) is 37.6. The largest absolute Gasteiger partial charge is 0.379 e. The predicted molar refractivity (Wildman–Crippen MR) is 155 cm³/mol. The van der Waals surface area contributed by atoms with Crippen molar-refractivity contribution in [3.8, 4) is 0 Å². The summed E-state index contributed by atoms with van der Waals surface area (Å²) in [5.74, 6) is 0. The molecule has 0 N–H and O–H groups in total. The van der Waals surface area contributed by atoms with Crippen molar-refractivity contribution in [3.05, 3.63) is 0 Å². The molecule has 0 aliphatic heterocycles. The van der Waals surface area contributed by atoms with Gasteiger partial charge in [-0.1, -0.05) is 65.2 Å². The van der Waals surface area contributed by atoms with Gasteiger partial charge in [-0.15, -0.1) is 0 Å². The second-order valence-electron chi connectivity index (χ2n) is 9.34. The Kier molecular flexibility index (Phi) is 37.3. The van der Waals surface area contributed by atoms with Crippen molar-refractivity contribution >= 4 is 0 Å². The zero-order chi connectivity index (χ0) is 28.2. The van der Waals surface area contributed by atoms with Crippen LogP contribution in [0.2, 0.25) is 0 Å². The molecule has 9 heteroatoms. The van der Waals surface area contributed by atoms with Crippen molar-refractivity contribution in [1.29, 1.82) is 0 Å². The summed E-state index contributed by atoms with van der Waals surface area (Å²) in [4.78, 5) is 0. The Balaban J connectivity index is 3.01. The molecule has 0 rings (SSSR count). The van der Waals surface area contributed by atoms with Crippen LogP contribution in [-0.2, 0) is 42.6 Å². The van der Waals surface area contributed by atoms with Gasteiger partial charge in [0.25, 0.3) is 0 Å². The zero-order valence-electron chi connectivity index (χ0n) is 25.5. The highest BCUT2D eigenvalue weighted by atomic mass is 16.6. The average Bonchev–Trinajstić information content (AvgIpc) is 2.95. The summed E-state index contributed by atoms with van der Waals surface area (Å²) < 4.78 is 49.5.